The predicted octanol–water partition coefficient (Wildman–Crippen LogP) is 0.265. The number of hydrogen-bond acceptors (Lipinski definition) is 5. The molecular weight excluding hydrogens is 224 g/mol. The molecule has 1 atom stereocenters. The molecule has 94 valence electrons. The molecule has 0 aliphatic rings. The monoisotopic (exact) mass is 240 g/mol. The fourth-order valence-electron chi connectivity index (χ4n) is 1.29. The lowest BCUT2D eigenvalue weighted by atomic mass is 10.1. The van der Waals surface area contributed by atoms with Gasteiger partial charge in [-0.15, -0.1) is 0 Å². The third kappa shape index (κ3) is 4.13. The smallest absolute Gasteiger partial charge is 0.303 e. The Morgan fingerprint density at radius 3 is 3.06 bits per heavy atom. The zero-order chi connectivity index (χ0) is 12.8. The number of anilines is 2. The van der Waals surface area contributed by atoms with E-state index in [4.69, 9.17) is 10.8 Å². The first-order valence-electron chi connectivity index (χ1n) is 5.29. The number of nitrogens with one attached hydrogen (secondary N) is 2. The van der Waals surface area contributed by atoms with E-state index >= 15 is 0 Å². The molecule has 1 unspecified atom stereocenters. The summed E-state index contributed by atoms with van der Waals surface area (Å²) in [4.78, 5) is 27.8. The summed E-state index contributed by atoms with van der Waals surface area (Å²) in [5.74, 6) is -0.326. The molecule has 0 aliphatic heterocycles. The lowest BCUT2D eigenvalue weighted by Crippen LogP contribution is -2.19. The Hall–Kier alpha value is -2.05. The average Bonchev–Trinajstić information content (AvgIpc) is 2.28. The molecule has 0 saturated heterocycles. The van der Waals surface area contributed by atoms with Gasteiger partial charge in [-0.2, -0.15) is 0 Å². The van der Waals surface area contributed by atoms with Gasteiger partial charge in [-0.1, -0.05) is 6.92 Å². The number of rotatable bonds is 6. The molecule has 0 fully saturated rings. The second-order valence-corrected chi connectivity index (χ2v) is 3.91. The van der Waals surface area contributed by atoms with Crippen LogP contribution in [0.15, 0.2) is 11.1 Å². The maximum Gasteiger partial charge on any atom is 0.303 e. The number of hydrogen-bond donors (Lipinski definition) is 4. The van der Waals surface area contributed by atoms with Crippen molar-refractivity contribution in [2.24, 2.45) is 5.92 Å². The number of nitrogens with zero attached hydrogens (tertiary/aromatic N) is 1. The summed E-state index contributed by atoms with van der Waals surface area (Å²) < 4.78 is 0. The Morgan fingerprint density at radius 2 is 2.41 bits per heavy atom. The van der Waals surface area contributed by atoms with Gasteiger partial charge in [0.05, 0.1) is 6.33 Å². The van der Waals surface area contributed by atoms with Crippen LogP contribution >= 0.6 is 0 Å². The maximum absolute atomic E-state index is 11.2. The van der Waals surface area contributed by atoms with Crippen LogP contribution in [0.1, 0.15) is 19.8 Å². The van der Waals surface area contributed by atoms with E-state index in [-0.39, 0.29) is 23.6 Å². The van der Waals surface area contributed by atoms with Gasteiger partial charge in [0.15, 0.2) is 5.82 Å². The molecule has 1 heterocycles. The van der Waals surface area contributed by atoms with Crippen LogP contribution in [0.5, 0.6) is 0 Å². The van der Waals surface area contributed by atoms with E-state index in [1.54, 1.807) is 0 Å². The van der Waals surface area contributed by atoms with E-state index in [0.29, 0.717) is 18.8 Å². The highest BCUT2D eigenvalue weighted by Crippen LogP contribution is 2.10. The fraction of sp³-hybridized carbons (Fsp3) is 0.500. The summed E-state index contributed by atoms with van der Waals surface area (Å²) in [5, 5.41) is 11.5. The average molecular weight is 240 g/mol. The first-order chi connectivity index (χ1) is 8.00. The van der Waals surface area contributed by atoms with Crippen LogP contribution in [-0.2, 0) is 4.79 Å². The standard InChI is InChI=1S/C10H16N4O3/c1-6(2-3-7(15)16)4-12-9-8(11)10(17)14-5-13-9/h5-6H,2-4,11H2,1H3,(H,15,16)(H2,12,13,14,17). The van der Waals surface area contributed by atoms with Crippen molar-refractivity contribution < 1.29 is 9.90 Å². The Bertz CT molecular complexity index is 443. The lowest BCUT2D eigenvalue weighted by Gasteiger charge is -2.12. The summed E-state index contributed by atoms with van der Waals surface area (Å²) in [6.45, 7) is 2.44. The number of aromatic amines is 1. The van der Waals surface area contributed by atoms with Gasteiger partial charge in [0.2, 0.25) is 0 Å². The van der Waals surface area contributed by atoms with E-state index in [0.717, 1.165) is 0 Å². The molecule has 5 N–H and O–H groups in total. The summed E-state index contributed by atoms with van der Waals surface area (Å²) in [6.07, 6.45) is 1.95. The van der Waals surface area contributed by atoms with Crippen molar-refractivity contribution in [3.8, 4) is 0 Å². The van der Waals surface area contributed by atoms with Crippen LogP contribution in [0.3, 0.4) is 0 Å². The largest absolute Gasteiger partial charge is 0.481 e. The zero-order valence-corrected chi connectivity index (χ0v) is 9.56. The number of aliphatic carboxylic acids is 1. The van der Waals surface area contributed by atoms with Crippen molar-refractivity contribution in [2.45, 2.75) is 19.8 Å². The van der Waals surface area contributed by atoms with Crippen LogP contribution in [0.4, 0.5) is 11.5 Å². The summed E-state index contributed by atoms with van der Waals surface area (Å²) in [6, 6.07) is 0. The van der Waals surface area contributed by atoms with Gasteiger partial charge in [0.25, 0.3) is 5.56 Å². The van der Waals surface area contributed by atoms with E-state index in [2.05, 4.69) is 15.3 Å². The molecule has 0 aromatic carbocycles. The number of carbonyl (C=O) groups is 1. The van der Waals surface area contributed by atoms with Gasteiger partial charge >= 0.3 is 5.97 Å². The van der Waals surface area contributed by atoms with E-state index in [9.17, 15) is 9.59 Å². The molecule has 1 rings (SSSR count). The molecule has 17 heavy (non-hydrogen) atoms. The molecule has 0 aliphatic carbocycles. The van der Waals surface area contributed by atoms with Crippen molar-refractivity contribution in [2.75, 3.05) is 17.6 Å². The van der Waals surface area contributed by atoms with Gasteiger partial charge < -0.3 is 21.1 Å². The molecule has 1 aromatic heterocycles. The second-order valence-electron chi connectivity index (χ2n) is 3.91. The highest BCUT2D eigenvalue weighted by molar-refractivity contribution is 5.66. The Kier molecular flexibility index (Phi) is 4.50. The first kappa shape index (κ1) is 13.0. The Balaban J connectivity index is 2.47. The maximum atomic E-state index is 11.2. The predicted molar refractivity (Wildman–Crippen MR) is 63.8 cm³/mol. The normalized spacial score (nSPS) is 12.1. The van der Waals surface area contributed by atoms with Gasteiger partial charge in [0.1, 0.15) is 5.69 Å². The number of nitrogens with two attached hydrogens (primary N) is 1. The van der Waals surface area contributed by atoms with E-state index in [1.165, 1.54) is 6.33 Å². The highest BCUT2D eigenvalue weighted by atomic mass is 16.4. The number of carboxylic acids is 1. The molecule has 0 bridgehead atoms. The summed E-state index contributed by atoms with van der Waals surface area (Å²) in [5.41, 5.74) is 5.18. The number of carboxylic acid groups (broad SMARTS) is 1. The molecule has 0 spiro atoms. The second kappa shape index (κ2) is 5.88. The highest BCUT2D eigenvalue weighted by Gasteiger charge is 2.08. The van der Waals surface area contributed by atoms with Crippen LogP contribution < -0.4 is 16.6 Å². The van der Waals surface area contributed by atoms with Gasteiger partial charge in [-0.3, -0.25) is 9.59 Å². The topological polar surface area (TPSA) is 121 Å². The fourth-order valence-corrected chi connectivity index (χ4v) is 1.29. The summed E-state index contributed by atoms with van der Waals surface area (Å²) >= 11 is 0. The van der Waals surface area contributed by atoms with Crippen LogP contribution in [-0.4, -0.2) is 27.6 Å². The van der Waals surface area contributed by atoms with Crippen molar-refractivity contribution in [1.29, 1.82) is 0 Å². The minimum Gasteiger partial charge on any atom is -0.481 e. The minimum atomic E-state index is -0.814. The van der Waals surface area contributed by atoms with E-state index in [1.807, 2.05) is 6.92 Å². The molecule has 7 heteroatoms. The van der Waals surface area contributed by atoms with Crippen LogP contribution in [0.2, 0.25) is 0 Å². The summed E-state index contributed by atoms with van der Waals surface area (Å²) in [7, 11) is 0. The van der Waals surface area contributed by atoms with Crippen molar-refractivity contribution in [3.63, 3.8) is 0 Å². The Morgan fingerprint density at radius 1 is 1.71 bits per heavy atom. The minimum absolute atomic E-state index is 0.0398. The van der Waals surface area contributed by atoms with E-state index < -0.39 is 5.97 Å². The van der Waals surface area contributed by atoms with Gasteiger partial charge in [0, 0.05) is 13.0 Å². The molecule has 7 nitrogen and oxygen atoms in total. The zero-order valence-electron chi connectivity index (χ0n) is 9.56. The number of nitrogen functional groups attached to an aromatic ring is 1. The number of aromatic nitrogens is 2. The van der Waals surface area contributed by atoms with Gasteiger partial charge in [-0.25, -0.2) is 4.98 Å². The molecule has 0 amide bonds. The number of H-pyrrole nitrogens is 1. The van der Waals surface area contributed by atoms with Gasteiger partial charge in [-0.05, 0) is 12.3 Å². The third-order valence-corrected chi connectivity index (χ3v) is 2.36. The quantitative estimate of drug-likeness (QED) is 0.566. The van der Waals surface area contributed by atoms with Crippen LogP contribution in [0, 0.1) is 5.92 Å². The van der Waals surface area contributed by atoms with Crippen molar-refractivity contribution >= 4 is 17.5 Å². The Labute approximate surface area is 98.1 Å². The third-order valence-electron chi connectivity index (χ3n) is 2.36. The first-order valence-corrected chi connectivity index (χ1v) is 5.29. The SMILES string of the molecule is CC(CCC(=O)O)CNc1nc[nH]c(=O)c1N. The molecule has 1 aromatic rings. The van der Waals surface area contributed by atoms with Crippen molar-refractivity contribution in [1.82, 2.24) is 9.97 Å². The van der Waals surface area contributed by atoms with Crippen LogP contribution in [0.25, 0.3) is 0 Å². The molecule has 0 radical (unpaired) electrons. The lowest BCUT2D eigenvalue weighted by molar-refractivity contribution is -0.137. The molecule has 0 saturated carbocycles. The molecular formula is C10H16N4O3. The van der Waals surface area contributed by atoms with Crippen molar-refractivity contribution in [3.05, 3.63) is 16.7 Å².